The van der Waals surface area contributed by atoms with E-state index < -0.39 is 11.7 Å². The molecule has 0 spiro atoms. The molecule has 0 aliphatic rings. The van der Waals surface area contributed by atoms with Gasteiger partial charge in [0.25, 0.3) is 0 Å². The molecule has 0 aromatic heterocycles. The summed E-state index contributed by atoms with van der Waals surface area (Å²) in [7, 11) is 0. The summed E-state index contributed by atoms with van der Waals surface area (Å²) in [4.78, 5) is 11.5. The Morgan fingerprint density at radius 1 is 1.44 bits per heavy atom. The van der Waals surface area contributed by atoms with Crippen LogP contribution in [0.15, 0.2) is 36.5 Å². The first-order valence-corrected chi connectivity index (χ1v) is 6.07. The van der Waals surface area contributed by atoms with Crippen molar-refractivity contribution in [3.8, 4) is 0 Å². The Labute approximate surface area is 110 Å². The highest BCUT2D eigenvalue weighted by Crippen LogP contribution is 2.18. The van der Waals surface area contributed by atoms with E-state index in [1.165, 1.54) is 12.2 Å². The molecule has 0 aromatic carbocycles. The van der Waals surface area contributed by atoms with Crippen LogP contribution in [0.4, 0.5) is 0 Å². The maximum Gasteiger partial charge on any atom is 0.159 e. The van der Waals surface area contributed by atoms with E-state index in [9.17, 15) is 15.0 Å². The van der Waals surface area contributed by atoms with Crippen LogP contribution < -0.4 is 0 Å². The first-order chi connectivity index (χ1) is 8.18. The molecule has 3 nitrogen and oxygen atoms in total. The maximum absolute atomic E-state index is 11.5. The van der Waals surface area contributed by atoms with Crippen molar-refractivity contribution in [2.75, 3.05) is 0 Å². The minimum absolute atomic E-state index is 0.0606. The van der Waals surface area contributed by atoms with Gasteiger partial charge in [0.15, 0.2) is 5.78 Å². The van der Waals surface area contributed by atoms with Gasteiger partial charge in [-0.25, -0.2) is 0 Å². The van der Waals surface area contributed by atoms with Crippen LogP contribution in [0.3, 0.4) is 0 Å². The van der Waals surface area contributed by atoms with Gasteiger partial charge < -0.3 is 10.2 Å². The third-order valence-electron chi connectivity index (χ3n) is 2.69. The minimum atomic E-state index is -0.995. The van der Waals surface area contributed by atoms with Gasteiger partial charge in [0.05, 0.1) is 11.7 Å². The second-order valence-electron chi connectivity index (χ2n) is 5.14. The Morgan fingerprint density at radius 2 is 2.00 bits per heavy atom. The van der Waals surface area contributed by atoms with E-state index in [0.29, 0.717) is 18.4 Å². The highest BCUT2D eigenvalue weighted by Gasteiger charge is 2.19. The van der Waals surface area contributed by atoms with Crippen molar-refractivity contribution in [3.63, 3.8) is 0 Å². The topological polar surface area (TPSA) is 57.5 Å². The van der Waals surface area contributed by atoms with E-state index in [4.69, 9.17) is 0 Å². The lowest BCUT2D eigenvalue weighted by Crippen LogP contribution is -2.23. The van der Waals surface area contributed by atoms with Gasteiger partial charge in [-0.2, -0.15) is 0 Å². The smallest absolute Gasteiger partial charge is 0.159 e. The van der Waals surface area contributed by atoms with Crippen molar-refractivity contribution < 1.29 is 15.0 Å². The van der Waals surface area contributed by atoms with E-state index >= 15 is 0 Å². The summed E-state index contributed by atoms with van der Waals surface area (Å²) in [6.45, 7) is 12.6. The average Bonchev–Trinajstić information content (AvgIpc) is 2.24. The Balaban J connectivity index is 4.24. The van der Waals surface area contributed by atoms with Crippen LogP contribution in [0.1, 0.15) is 40.0 Å². The van der Waals surface area contributed by atoms with Crippen LogP contribution in [-0.2, 0) is 4.79 Å². The molecule has 2 N–H and O–H groups in total. The SMILES string of the molecule is C=CC(C)(O)CCC(O)C(=C)CC(=O)C=C(C)C. The zero-order valence-corrected chi connectivity index (χ0v) is 11.6. The van der Waals surface area contributed by atoms with Gasteiger partial charge >= 0.3 is 0 Å². The first kappa shape index (κ1) is 16.8. The predicted octanol–water partition coefficient (Wildman–Crippen LogP) is 2.55. The molecular weight excluding hydrogens is 228 g/mol. The van der Waals surface area contributed by atoms with E-state index in [0.717, 1.165) is 5.57 Å². The summed E-state index contributed by atoms with van der Waals surface area (Å²) < 4.78 is 0. The fraction of sp³-hybridized carbons (Fsp3) is 0.533. The normalized spacial score (nSPS) is 15.4. The standard InChI is InChI=1S/C15H24O3/c1-6-15(5,18)8-7-14(17)12(4)10-13(16)9-11(2)3/h6,9,14,17-18H,1,4,7-8,10H2,2-3,5H3. The number of rotatable bonds is 8. The molecule has 18 heavy (non-hydrogen) atoms. The molecule has 0 radical (unpaired) electrons. The monoisotopic (exact) mass is 252 g/mol. The molecule has 0 saturated heterocycles. The lowest BCUT2D eigenvalue weighted by molar-refractivity contribution is -0.114. The van der Waals surface area contributed by atoms with Crippen LogP contribution in [0.2, 0.25) is 0 Å². The van der Waals surface area contributed by atoms with Crippen LogP contribution in [0, 0.1) is 0 Å². The molecule has 0 heterocycles. The molecular formula is C15H24O3. The number of ketones is 1. The second kappa shape index (κ2) is 7.29. The van der Waals surface area contributed by atoms with Gasteiger partial charge in [-0.05, 0) is 45.3 Å². The lowest BCUT2D eigenvalue weighted by Gasteiger charge is -2.21. The van der Waals surface area contributed by atoms with Crippen molar-refractivity contribution in [2.45, 2.75) is 51.7 Å². The van der Waals surface area contributed by atoms with E-state index in [-0.39, 0.29) is 12.2 Å². The van der Waals surface area contributed by atoms with Gasteiger partial charge in [0.2, 0.25) is 0 Å². The fourth-order valence-electron chi connectivity index (χ4n) is 1.45. The van der Waals surface area contributed by atoms with Gasteiger partial charge in [-0.15, -0.1) is 6.58 Å². The predicted molar refractivity (Wildman–Crippen MR) is 74.3 cm³/mol. The Kier molecular flexibility index (Phi) is 6.81. The third-order valence-corrected chi connectivity index (χ3v) is 2.69. The summed E-state index contributed by atoms with van der Waals surface area (Å²) >= 11 is 0. The highest BCUT2D eigenvalue weighted by atomic mass is 16.3. The molecule has 0 aliphatic heterocycles. The molecule has 3 heteroatoms. The molecule has 2 atom stereocenters. The Morgan fingerprint density at radius 3 is 2.44 bits per heavy atom. The number of carbonyl (C=O) groups is 1. The van der Waals surface area contributed by atoms with Gasteiger partial charge in [-0.1, -0.05) is 18.2 Å². The lowest BCUT2D eigenvalue weighted by atomic mass is 9.94. The largest absolute Gasteiger partial charge is 0.389 e. The van der Waals surface area contributed by atoms with Crippen molar-refractivity contribution in [1.82, 2.24) is 0 Å². The van der Waals surface area contributed by atoms with E-state index in [1.54, 1.807) is 6.92 Å². The third kappa shape index (κ3) is 7.20. The molecule has 0 saturated carbocycles. The summed E-state index contributed by atoms with van der Waals surface area (Å²) in [5.41, 5.74) is 0.416. The number of allylic oxidation sites excluding steroid dienone is 2. The molecule has 102 valence electrons. The number of hydrogen-bond donors (Lipinski definition) is 2. The van der Waals surface area contributed by atoms with Gasteiger partial charge in [-0.3, -0.25) is 4.79 Å². The number of aliphatic hydroxyl groups excluding tert-OH is 1. The summed E-state index contributed by atoms with van der Waals surface area (Å²) in [6.07, 6.45) is 3.09. The molecule has 0 bridgehead atoms. The van der Waals surface area contributed by atoms with Gasteiger partial charge in [0, 0.05) is 6.42 Å². The van der Waals surface area contributed by atoms with E-state index in [2.05, 4.69) is 13.2 Å². The minimum Gasteiger partial charge on any atom is -0.389 e. The Hall–Kier alpha value is -1.19. The van der Waals surface area contributed by atoms with E-state index in [1.807, 2.05) is 13.8 Å². The van der Waals surface area contributed by atoms with Crippen molar-refractivity contribution in [2.24, 2.45) is 0 Å². The van der Waals surface area contributed by atoms with Crippen LogP contribution >= 0.6 is 0 Å². The number of aliphatic hydroxyl groups is 2. The molecule has 0 aromatic rings. The first-order valence-electron chi connectivity index (χ1n) is 6.07. The van der Waals surface area contributed by atoms with Crippen LogP contribution in [-0.4, -0.2) is 27.7 Å². The molecule has 2 unspecified atom stereocenters. The Bertz CT molecular complexity index is 347. The average molecular weight is 252 g/mol. The molecule has 0 rings (SSSR count). The number of hydrogen-bond acceptors (Lipinski definition) is 3. The van der Waals surface area contributed by atoms with Crippen LogP contribution in [0.25, 0.3) is 0 Å². The van der Waals surface area contributed by atoms with Crippen molar-refractivity contribution in [3.05, 3.63) is 36.5 Å². The maximum atomic E-state index is 11.5. The second-order valence-corrected chi connectivity index (χ2v) is 5.14. The highest BCUT2D eigenvalue weighted by molar-refractivity contribution is 5.91. The zero-order valence-electron chi connectivity index (χ0n) is 11.6. The fourth-order valence-corrected chi connectivity index (χ4v) is 1.45. The number of carbonyl (C=O) groups excluding carboxylic acids is 1. The zero-order chi connectivity index (χ0) is 14.3. The van der Waals surface area contributed by atoms with Gasteiger partial charge in [0.1, 0.15) is 0 Å². The van der Waals surface area contributed by atoms with Crippen LogP contribution in [0.5, 0.6) is 0 Å². The summed E-state index contributed by atoms with van der Waals surface area (Å²) in [5.74, 6) is -0.0606. The summed E-state index contributed by atoms with van der Waals surface area (Å²) in [6, 6.07) is 0. The van der Waals surface area contributed by atoms with Crippen molar-refractivity contribution >= 4 is 5.78 Å². The molecule has 0 amide bonds. The molecule has 0 aliphatic carbocycles. The molecule has 0 fully saturated rings. The van der Waals surface area contributed by atoms with Crippen molar-refractivity contribution in [1.29, 1.82) is 0 Å². The quantitative estimate of drug-likeness (QED) is 0.515. The summed E-state index contributed by atoms with van der Waals surface area (Å²) in [5, 5.41) is 19.6.